The molecule has 0 aliphatic carbocycles. The van der Waals surface area contributed by atoms with E-state index in [0.29, 0.717) is 42.9 Å². The molecular formula is C13H18BrN3O3S. The second kappa shape index (κ2) is 6.85. The Bertz CT molecular complexity index is 613. The summed E-state index contributed by atoms with van der Waals surface area (Å²) in [5.41, 5.74) is 0.370. The van der Waals surface area contributed by atoms with Crippen molar-refractivity contribution in [3.8, 4) is 0 Å². The Hall–Kier alpha value is -0.990. The van der Waals surface area contributed by atoms with Crippen LogP contribution in [0.4, 0.5) is 0 Å². The van der Waals surface area contributed by atoms with Crippen LogP contribution in [0.3, 0.4) is 0 Å². The fourth-order valence-electron chi connectivity index (χ4n) is 2.25. The van der Waals surface area contributed by atoms with E-state index >= 15 is 0 Å². The lowest BCUT2D eigenvalue weighted by atomic mass is 10.3. The van der Waals surface area contributed by atoms with Gasteiger partial charge in [-0.05, 0) is 34.5 Å². The number of carbonyl (C=O) groups is 1. The number of piperazine rings is 1. The van der Waals surface area contributed by atoms with E-state index < -0.39 is 10.0 Å². The van der Waals surface area contributed by atoms with Crippen molar-refractivity contribution < 1.29 is 13.2 Å². The van der Waals surface area contributed by atoms with Crippen molar-refractivity contribution in [2.45, 2.75) is 13.3 Å². The second-order valence-electron chi connectivity index (χ2n) is 4.85. The van der Waals surface area contributed by atoms with Gasteiger partial charge in [0.05, 0.1) is 5.75 Å². The minimum absolute atomic E-state index is 0.161. The molecule has 0 spiro atoms. The summed E-state index contributed by atoms with van der Waals surface area (Å²) < 4.78 is 26.0. The summed E-state index contributed by atoms with van der Waals surface area (Å²) in [6.07, 6.45) is 0.601. The van der Waals surface area contributed by atoms with Gasteiger partial charge < -0.3 is 4.90 Å². The molecule has 2 heterocycles. The van der Waals surface area contributed by atoms with E-state index in [9.17, 15) is 13.2 Å². The average Bonchev–Trinajstić information content (AvgIpc) is 2.46. The standard InChI is InChI=1S/C13H18BrN3O3S/c1-2-10-21(19,20)17-8-6-16(7-9-17)13(18)11-4-3-5-12(14)15-11/h3-5H,2,6-10H2,1H3. The number of hydrogen-bond donors (Lipinski definition) is 0. The van der Waals surface area contributed by atoms with E-state index in [-0.39, 0.29) is 11.7 Å². The van der Waals surface area contributed by atoms with Gasteiger partial charge in [0.25, 0.3) is 5.91 Å². The number of nitrogens with zero attached hydrogens (tertiary/aromatic N) is 3. The first-order valence-electron chi connectivity index (χ1n) is 6.83. The molecule has 0 N–H and O–H groups in total. The highest BCUT2D eigenvalue weighted by Gasteiger charge is 2.28. The maximum atomic E-state index is 12.3. The predicted octanol–water partition coefficient (Wildman–Crippen LogP) is 1.34. The van der Waals surface area contributed by atoms with Gasteiger partial charge in [0, 0.05) is 26.2 Å². The summed E-state index contributed by atoms with van der Waals surface area (Å²) >= 11 is 3.24. The van der Waals surface area contributed by atoms with E-state index in [1.165, 1.54) is 4.31 Å². The molecular weight excluding hydrogens is 358 g/mol. The van der Waals surface area contributed by atoms with E-state index in [1.807, 2.05) is 6.92 Å². The van der Waals surface area contributed by atoms with Gasteiger partial charge in [-0.25, -0.2) is 13.4 Å². The van der Waals surface area contributed by atoms with Gasteiger partial charge in [0.2, 0.25) is 10.0 Å². The van der Waals surface area contributed by atoms with Crippen molar-refractivity contribution in [3.63, 3.8) is 0 Å². The minimum atomic E-state index is -3.18. The van der Waals surface area contributed by atoms with Crippen LogP contribution in [0.1, 0.15) is 23.8 Å². The monoisotopic (exact) mass is 375 g/mol. The molecule has 1 aromatic rings. The lowest BCUT2D eigenvalue weighted by Crippen LogP contribution is -2.51. The molecule has 8 heteroatoms. The summed E-state index contributed by atoms with van der Waals surface area (Å²) in [6.45, 7) is 3.34. The quantitative estimate of drug-likeness (QED) is 0.744. The van der Waals surface area contributed by atoms with Crippen LogP contribution in [0.2, 0.25) is 0 Å². The molecule has 1 aromatic heterocycles. The zero-order chi connectivity index (χ0) is 15.5. The zero-order valence-electron chi connectivity index (χ0n) is 11.8. The molecule has 1 fully saturated rings. The Morgan fingerprint density at radius 1 is 1.29 bits per heavy atom. The Kier molecular flexibility index (Phi) is 5.34. The number of carbonyl (C=O) groups excluding carboxylic acids is 1. The number of aromatic nitrogens is 1. The average molecular weight is 376 g/mol. The summed E-state index contributed by atoms with van der Waals surface area (Å²) in [6, 6.07) is 5.17. The van der Waals surface area contributed by atoms with Crippen molar-refractivity contribution >= 4 is 31.9 Å². The van der Waals surface area contributed by atoms with Crippen molar-refractivity contribution in [1.29, 1.82) is 0 Å². The van der Waals surface area contributed by atoms with E-state index in [2.05, 4.69) is 20.9 Å². The normalized spacial score (nSPS) is 17.0. The lowest BCUT2D eigenvalue weighted by molar-refractivity contribution is 0.0692. The molecule has 116 valence electrons. The van der Waals surface area contributed by atoms with Crippen LogP contribution in [0.15, 0.2) is 22.8 Å². The third kappa shape index (κ3) is 4.02. The van der Waals surface area contributed by atoms with Crippen molar-refractivity contribution in [2.75, 3.05) is 31.9 Å². The summed E-state index contributed by atoms with van der Waals surface area (Å²) in [5, 5.41) is 0. The second-order valence-corrected chi connectivity index (χ2v) is 7.75. The van der Waals surface area contributed by atoms with Crippen LogP contribution in [0.25, 0.3) is 0 Å². The van der Waals surface area contributed by atoms with Gasteiger partial charge in [-0.15, -0.1) is 0 Å². The summed E-state index contributed by atoms with van der Waals surface area (Å²) in [7, 11) is -3.18. The van der Waals surface area contributed by atoms with E-state index in [4.69, 9.17) is 0 Å². The van der Waals surface area contributed by atoms with Crippen LogP contribution < -0.4 is 0 Å². The number of amides is 1. The van der Waals surface area contributed by atoms with Gasteiger partial charge >= 0.3 is 0 Å². The topological polar surface area (TPSA) is 70.6 Å². The molecule has 2 rings (SSSR count). The highest BCUT2D eigenvalue weighted by Crippen LogP contribution is 2.13. The van der Waals surface area contributed by atoms with E-state index in [1.54, 1.807) is 23.1 Å². The highest BCUT2D eigenvalue weighted by molar-refractivity contribution is 9.10. The molecule has 1 aliphatic rings. The van der Waals surface area contributed by atoms with Crippen molar-refractivity contribution in [1.82, 2.24) is 14.2 Å². The fraction of sp³-hybridized carbons (Fsp3) is 0.538. The van der Waals surface area contributed by atoms with Crippen LogP contribution in [0, 0.1) is 0 Å². The molecule has 0 atom stereocenters. The molecule has 0 saturated carbocycles. The van der Waals surface area contributed by atoms with Crippen LogP contribution >= 0.6 is 15.9 Å². The molecule has 1 saturated heterocycles. The largest absolute Gasteiger partial charge is 0.335 e. The van der Waals surface area contributed by atoms with Gasteiger partial charge in [-0.2, -0.15) is 4.31 Å². The number of halogens is 1. The minimum Gasteiger partial charge on any atom is -0.335 e. The Morgan fingerprint density at radius 2 is 1.95 bits per heavy atom. The third-order valence-corrected chi connectivity index (χ3v) is 5.83. The molecule has 0 unspecified atom stereocenters. The highest BCUT2D eigenvalue weighted by atomic mass is 79.9. The Morgan fingerprint density at radius 3 is 2.52 bits per heavy atom. The Labute approximate surface area is 133 Å². The van der Waals surface area contributed by atoms with Gasteiger partial charge in [-0.1, -0.05) is 13.0 Å². The van der Waals surface area contributed by atoms with E-state index in [0.717, 1.165) is 0 Å². The van der Waals surface area contributed by atoms with Gasteiger partial charge in [0.1, 0.15) is 10.3 Å². The maximum absolute atomic E-state index is 12.3. The maximum Gasteiger partial charge on any atom is 0.272 e. The number of rotatable bonds is 4. The zero-order valence-corrected chi connectivity index (χ0v) is 14.2. The molecule has 21 heavy (non-hydrogen) atoms. The smallest absolute Gasteiger partial charge is 0.272 e. The SMILES string of the molecule is CCCS(=O)(=O)N1CCN(C(=O)c2cccc(Br)n2)CC1. The molecule has 1 aliphatic heterocycles. The molecule has 0 aromatic carbocycles. The Balaban J connectivity index is 2.00. The first kappa shape index (κ1) is 16.4. The predicted molar refractivity (Wildman–Crippen MR) is 83.5 cm³/mol. The van der Waals surface area contributed by atoms with Gasteiger partial charge in [0.15, 0.2) is 0 Å². The number of pyridine rings is 1. The van der Waals surface area contributed by atoms with Crippen molar-refractivity contribution in [3.05, 3.63) is 28.5 Å². The van der Waals surface area contributed by atoms with Crippen LogP contribution in [0.5, 0.6) is 0 Å². The first-order valence-corrected chi connectivity index (χ1v) is 9.24. The molecule has 0 radical (unpaired) electrons. The summed E-state index contributed by atoms with van der Waals surface area (Å²) in [4.78, 5) is 18.1. The van der Waals surface area contributed by atoms with Crippen LogP contribution in [-0.2, 0) is 10.0 Å². The van der Waals surface area contributed by atoms with Gasteiger partial charge in [-0.3, -0.25) is 4.79 Å². The molecule has 6 nitrogen and oxygen atoms in total. The van der Waals surface area contributed by atoms with Crippen LogP contribution in [-0.4, -0.2) is 60.4 Å². The molecule has 0 bridgehead atoms. The third-order valence-electron chi connectivity index (χ3n) is 3.32. The first-order chi connectivity index (χ1) is 9.94. The number of hydrogen-bond acceptors (Lipinski definition) is 4. The number of sulfonamides is 1. The lowest BCUT2D eigenvalue weighted by Gasteiger charge is -2.33. The molecule has 1 amide bonds. The van der Waals surface area contributed by atoms with Crippen molar-refractivity contribution in [2.24, 2.45) is 0 Å². The summed E-state index contributed by atoms with van der Waals surface area (Å²) in [5.74, 6) is -0.00226. The fourth-order valence-corrected chi connectivity index (χ4v) is 4.08.